The van der Waals surface area contributed by atoms with E-state index in [9.17, 15) is 9.18 Å². The number of hydrogen-bond donors (Lipinski definition) is 1. The molecule has 0 fully saturated rings. The topological polar surface area (TPSA) is 48.0 Å². The number of quaternary nitrogens is 1. The molecule has 0 radical (unpaired) electrons. The average Bonchev–Trinajstić information content (AvgIpc) is 3.03. The minimum absolute atomic E-state index is 0.0674. The van der Waals surface area contributed by atoms with Gasteiger partial charge in [0.1, 0.15) is 18.8 Å². The van der Waals surface area contributed by atoms with Gasteiger partial charge in [0.2, 0.25) is 0 Å². The molecule has 0 aliphatic carbocycles. The van der Waals surface area contributed by atoms with Crippen molar-refractivity contribution in [3.05, 3.63) is 63.3 Å². The molecule has 3 rings (SSSR count). The summed E-state index contributed by atoms with van der Waals surface area (Å²) in [6, 6.07) is 6.58. The number of aromatic nitrogens is 2. The van der Waals surface area contributed by atoms with Gasteiger partial charge in [-0.05, 0) is 25.1 Å². The molecule has 2 aromatic heterocycles. The van der Waals surface area contributed by atoms with E-state index in [4.69, 9.17) is 4.74 Å². The Morgan fingerprint density at radius 3 is 2.88 bits per heavy atom. The number of rotatable bonds is 6. The van der Waals surface area contributed by atoms with Crippen LogP contribution in [0, 0.1) is 5.82 Å². The van der Waals surface area contributed by atoms with Crippen molar-refractivity contribution in [3.63, 3.8) is 0 Å². The molecule has 0 spiro atoms. The molecule has 0 aliphatic heterocycles. The van der Waals surface area contributed by atoms with E-state index in [0.29, 0.717) is 18.1 Å². The molecule has 0 aliphatic rings. The number of hydrogen-bond acceptors (Lipinski definition) is 4. The lowest BCUT2D eigenvalue weighted by Gasteiger charge is -2.17. The Kier molecular flexibility index (Phi) is 4.92. The third kappa shape index (κ3) is 3.47. The molecule has 0 bridgehead atoms. The van der Waals surface area contributed by atoms with Crippen molar-refractivity contribution >= 4 is 16.3 Å². The zero-order chi connectivity index (χ0) is 17.1. The first-order chi connectivity index (χ1) is 11.6. The molecule has 1 unspecified atom stereocenters. The second-order valence-corrected chi connectivity index (χ2v) is 6.44. The van der Waals surface area contributed by atoms with Crippen LogP contribution in [0.3, 0.4) is 0 Å². The highest BCUT2D eigenvalue weighted by Crippen LogP contribution is 2.17. The van der Waals surface area contributed by atoms with Gasteiger partial charge in [-0.25, -0.2) is 9.37 Å². The standard InChI is InChI=1S/C17H18FN3O2S/c1-3-20(10-12-4-5-15(23-2)14(18)8-12)11-13-9-16(22)21-6-7-24-17(21)19-13/h4-9H,3,10-11H2,1-2H3/p+1. The number of nitrogens with one attached hydrogen (secondary N) is 1. The summed E-state index contributed by atoms with van der Waals surface area (Å²) in [5.74, 6) is -0.114. The predicted octanol–water partition coefficient (Wildman–Crippen LogP) is 1.51. The summed E-state index contributed by atoms with van der Waals surface area (Å²) < 4.78 is 20.3. The first kappa shape index (κ1) is 16.6. The van der Waals surface area contributed by atoms with E-state index in [1.165, 1.54) is 29.4 Å². The second kappa shape index (κ2) is 7.11. The molecule has 3 aromatic rings. The lowest BCUT2D eigenvalue weighted by atomic mass is 10.2. The Balaban J connectivity index is 1.78. The van der Waals surface area contributed by atoms with Crippen LogP contribution in [0.1, 0.15) is 18.2 Å². The van der Waals surface area contributed by atoms with Gasteiger partial charge in [-0.3, -0.25) is 9.20 Å². The van der Waals surface area contributed by atoms with Crippen molar-refractivity contribution < 1.29 is 14.0 Å². The Labute approximate surface area is 143 Å². The maximum Gasteiger partial charge on any atom is 0.258 e. The molecule has 1 aromatic carbocycles. The summed E-state index contributed by atoms with van der Waals surface area (Å²) in [7, 11) is 1.45. The quantitative estimate of drug-likeness (QED) is 0.735. The zero-order valence-corrected chi connectivity index (χ0v) is 14.4. The van der Waals surface area contributed by atoms with Crippen LogP contribution in [0.5, 0.6) is 5.75 Å². The number of halogens is 1. The van der Waals surface area contributed by atoms with Crippen molar-refractivity contribution in [2.75, 3.05) is 13.7 Å². The monoisotopic (exact) mass is 348 g/mol. The van der Waals surface area contributed by atoms with Gasteiger partial charge in [-0.2, -0.15) is 0 Å². The molecular weight excluding hydrogens is 329 g/mol. The smallest absolute Gasteiger partial charge is 0.258 e. The van der Waals surface area contributed by atoms with Gasteiger partial charge in [-0.1, -0.05) is 0 Å². The highest BCUT2D eigenvalue weighted by Gasteiger charge is 2.13. The highest BCUT2D eigenvalue weighted by atomic mass is 32.1. The van der Waals surface area contributed by atoms with E-state index in [-0.39, 0.29) is 17.1 Å². The van der Waals surface area contributed by atoms with E-state index in [0.717, 1.165) is 17.8 Å². The lowest BCUT2D eigenvalue weighted by molar-refractivity contribution is -0.926. The number of ether oxygens (including phenoxy) is 1. The Bertz CT molecular complexity index is 906. The van der Waals surface area contributed by atoms with E-state index in [2.05, 4.69) is 11.9 Å². The fourth-order valence-corrected chi connectivity index (χ4v) is 3.39. The van der Waals surface area contributed by atoms with E-state index in [1.807, 2.05) is 11.4 Å². The first-order valence-electron chi connectivity index (χ1n) is 7.72. The summed E-state index contributed by atoms with van der Waals surface area (Å²) in [6.45, 7) is 4.18. The number of nitrogens with zero attached hydrogens (tertiary/aromatic N) is 2. The molecule has 5 nitrogen and oxygen atoms in total. The molecule has 24 heavy (non-hydrogen) atoms. The molecular formula is C17H19FN3O2S+. The molecule has 1 N–H and O–H groups in total. The van der Waals surface area contributed by atoms with Crippen LogP contribution >= 0.6 is 11.3 Å². The summed E-state index contributed by atoms with van der Waals surface area (Å²) in [6.07, 6.45) is 1.73. The van der Waals surface area contributed by atoms with E-state index in [1.54, 1.807) is 22.7 Å². The van der Waals surface area contributed by atoms with Crippen molar-refractivity contribution in [2.24, 2.45) is 0 Å². The summed E-state index contributed by atoms with van der Waals surface area (Å²) in [5, 5.41) is 1.85. The molecule has 0 amide bonds. The Morgan fingerprint density at radius 2 is 2.17 bits per heavy atom. The zero-order valence-electron chi connectivity index (χ0n) is 13.6. The second-order valence-electron chi connectivity index (χ2n) is 5.57. The number of methoxy groups -OCH3 is 1. The SMILES string of the molecule is CC[NH+](Cc1ccc(OC)c(F)c1)Cc1cc(=O)n2ccsc2n1. The summed E-state index contributed by atoms with van der Waals surface area (Å²) in [4.78, 5) is 18.5. The van der Waals surface area contributed by atoms with Crippen LogP contribution < -0.4 is 15.2 Å². The number of thiazole rings is 1. The molecule has 2 heterocycles. The first-order valence-corrected chi connectivity index (χ1v) is 8.60. The largest absolute Gasteiger partial charge is 0.494 e. The van der Waals surface area contributed by atoms with E-state index >= 15 is 0 Å². The fourth-order valence-electron chi connectivity index (χ4n) is 2.66. The number of fused-ring (bicyclic) bond motifs is 1. The molecule has 0 saturated heterocycles. The van der Waals surface area contributed by atoms with Gasteiger partial charge in [0.25, 0.3) is 5.56 Å². The number of benzene rings is 1. The molecule has 7 heteroatoms. The molecule has 0 saturated carbocycles. The van der Waals surface area contributed by atoms with Gasteiger partial charge in [0.05, 0.1) is 13.7 Å². The van der Waals surface area contributed by atoms with Crippen LogP contribution in [0.2, 0.25) is 0 Å². The maximum absolute atomic E-state index is 13.8. The predicted molar refractivity (Wildman–Crippen MR) is 91.2 cm³/mol. The minimum atomic E-state index is -0.359. The van der Waals surface area contributed by atoms with Crippen LogP contribution in [0.15, 0.2) is 40.6 Å². The molecule has 126 valence electrons. The third-order valence-electron chi connectivity index (χ3n) is 3.96. The third-order valence-corrected chi connectivity index (χ3v) is 4.71. The van der Waals surface area contributed by atoms with Crippen LogP contribution in [-0.2, 0) is 13.1 Å². The minimum Gasteiger partial charge on any atom is -0.494 e. The van der Waals surface area contributed by atoms with Crippen molar-refractivity contribution in [1.82, 2.24) is 9.38 Å². The highest BCUT2D eigenvalue weighted by molar-refractivity contribution is 7.15. The average molecular weight is 348 g/mol. The van der Waals surface area contributed by atoms with E-state index < -0.39 is 0 Å². The van der Waals surface area contributed by atoms with Gasteiger partial charge in [-0.15, -0.1) is 11.3 Å². The Morgan fingerprint density at radius 1 is 1.33 bits per heavy atom. The van der Waals surface area contributed by atoms with Gasteiger partial charge in [0, 0.05) is 23.2 Å². The maximum atomic E-state index is 13.8. The lowest BCUT2D eigenvalue weighted by Crippen LogP contribution is -3.09. The van der Waals surface area contributed by atoms with Crippen molar-refractivity contribution in [3.8, 4) is 5.75 Å². The van der Waals surface area contributed by atoms with Crippen LogP contribution in [-0.4, -0.2) is 23.0 Å². The fraction of sp³-hybridized carbons (Fsp3) is 0.294. The molecule has 1 atom stereocenters. The van der Waals surface area contributed by atoms with Crippen LogP contribution in [0.25, 0.3) is 4.96 Å². The van der Waals surface area contributed by atoms with Crippen molar-refractivity contribution in [2.45, 2.75) is 20.0 Å². The van der Waals surface area contributed by atoms with Gasteiger partial charge < -0.3 is 9.64 Å². The normalized spacial score (nSPS) is 12.5. The summed E-state index contributed by atoms with van der Waals surface area (Å²) >= 11 is 1.44. The van der Waals surface area contributed by atoms with Crippen LogP contribution in [0.4, 0.5) is 4.39 Å². The van der Waals surface area contributed by atoms with Crippen molar-refractivity contribution in [1.29, 1.82) is 0 Å². The summed E-state index contributed by atoms with van der Waals surface area (Å²) in [5.41, 5.74) is 1.58. The Hall–Kier alpha value is -2.25. The van der Waals surface area contributed by atoms with Gasteiger partial charge in [0.15, 0.2) is 16.5 Å². The van der Waals surface area contributed by atoms with Gasteiger partial charge >= 0.3 is 0 Å².